The molecule has 0 spiro atoms. The highest BCUT2D eigenvalue weighted by Crippen LogP contribution is 2.32. The van der Waals surface area contributed by atoms with E-state index >= 15 is 0 Å². The Morgan fingerprint density at radius 3 is 2.68 bits per heavy atom. The first-order valence-electron chi connectivity index (χ1n) is 7.34. The van der Waals surface area contributed by atoms with Gasteiger partial charge in [0.05, 0.1) is 5.75 Å². The number of aromatic nitrogens is 2. The van der Waals surface area contributed by atoms with Gasteiger partial charge in [0, 0.05) is 17.2 Å². The first kappa shape index (κ1) is 18.0. The van der Waals surface area contributed by atoms with Gasteiger partial charge in [-0.3, -0.25) is 4.79 Å². The number of thioether (sulfide) groups is 2. The number of fused-ring (bicyclic) bond motifs is 1. The number of amides is 1. The van der Waals surface area contributed by atoms with E-state index in [2.05, 4.69) is 10.2 Å². The second-order valence-corrected chi connectivity index (χ2v) is 8.77. The van der Waals surface area contributed by atoms with E-state index in [-0.39, 0.29) is 17.3 Å². The molecule has 0 saturated carbocycles. The molecule has 9 heteroatoms. The third-order valence-corrected chi connectivity index (χ3v) is 6.86. The number of carbonyl (C=O) groups excluding carboxylic acids is 1. The van der Waals surface area contributed by atoms with Crippen molar-refractivity contribution in [2.24, 2.45) is 5.73 Å². The van der Waals surface area contributed by atoms with E-state index in [1.54, 1.807) is 0 Å². The third-order valence-electron chi connectivity index (χ3n) is 3.59. The molecular formula is C16H15N3O3S3. The molecule has 1 aromatic carbocycles. The lowest BCUT2D eigenvalue weighted by Crippen LogP contribution is -2.12. The highest BCUT2D eigenvalue weighted by molar-refractivity contribution is 8.03. The lowest BCUT2D eigenvalue weighted by atomic mass is 10.0. The summed E-state index contributed by atoms with van der Waals surface area (Å²) in [4.78, 5) is 22.7. The van der Waals surface area contributed by atoms with E-state index in [1.165, 1.54) is 40.9 Å². The van der Waals surface area contributed by atoms with Crippen LogP contribution in [0, 0.1) is 13.8 Å². The molecule has 6 nitrogen and oxygen atoms in total. The highest BCUT2D eigenvalue weighted by Gasteiger charge is 2.12. The van der Waals surface area contributed by atoms with Crippen LogP contribution in [0.1, 0.15) is 16.7 Å². The smallest absolute Gasteiger partial charge is 0.336 e. The molecule has 2 heterocycles. The average molecular weight is 394 g/mol. The SMILES string of the molecule is Cc1ccc2c(CSc3nnc(SCC(N)=O)s3)cc(=O)oc2c1C. The summed E-state index contributed by atoms with van der Waals surface area (Å²) in [7, 11) is 0. The van der Waals surface area contributed by atoms with Crippen LogP contribution >= 0.6 is 34.9 Å². The number of hydrogen-bond donors (Lipinski definition) is 1. The Kier molecular flexibility index (Phi) is 5.45. The summed E-state index contributed by atoms with van der Waals surface area (Å²) in [6.45, 7) is 3.94. The molecular weight excluding hydrogens is 378 g/mol. The molecule has 2 N–H and O–H groups in total. The number of benzene rings is 1. The molecule has 130 valence electrons. The zero-order valence-electron chi connectivity index (χ0n) is 13.6. The van der Waals surface area contributed by atoms with Gasteiger partial charge in [0.15, 0.2) is 8.68 Å². The number of rotatable bonds is 6. The number of carbonyl (C=O) groups is 1. The van der Waals surface area contributed by atoms with Gasteiger partial charge in [-0.1, -0.05) is 47.0 Å². The van der Waals surface area contributed by atoms with Gasteiger partial charge in [-0.25, -0.2) is 4.79 Å². The quantitative estimate of drug-likeness (QED) is 0.507. The van der Waals surface area contributed by atoms with Gasteiger partial charge >= 0.3 is 5.63 Å². The maximum Gasteiger partial charge on any atom is 0.336 e. The van der Waals surface area contributed by atoms with E-state index in [1.807, 2.05) is 26.0 Å². The van der Waals surface area contributed by atoms with Gasteiger partial charge in [0.2, 0.25) is 5.91 Å². The lowest BCUT2D eigenvalue weighted by molar-refractivity contribution is -0.115. The van der Waals surface area contributed by atoms with Crippen molar-refractivity contribution >= 4 is 51.7 Å². The summed E-state index contributed by atoms with van der Waals surface area (Å²) in [5, 5.41) is 9.06. The van der Waals surface area contributed by atoms with E-state index in [0.29, 0.717) is 15.7 Å². The van der Waals surface area contributed by atoms with Crippen LogP contribution in [0.4, 0.5) is 0 Å². The molecule has 2 aromatic heterocycles. The predicted octanol–water partition coefficient (Wildman–Crippen LogP) is 3.13. The van der Waals surface area contributed by atoms with E-state index in [9.17, 15) is 9.59 Å². The molecule has 0 aliphatic rings. The fourth-order valence-corrected chi connectivity index (χ4v) is 4.98. The van der Waals surface area contributed by atoms with Crippen LogP contribution in [-0.4, -0.2) is 21.9 Å². The topological polar surface area (TPSA) is 99.1 Å². The van der Waals surface area contributed by atoms with Crippen LogP contribution < -0.4 is 11.4 Å². The summed E-state index contributed by atoms with van der Waals surface area (Å²) in [5.74, 6) is 0.379. The van der Waals surface area contributed by atoms with E-state index in [4.69, 9.17) is 10.2 Å². The normalized spacial score (nSPS) is 11.1. The first-order chi connectivity index (χ1) is 11.9. The van der Waals surface area contributed by atoms with Crippen molar-refractivity contribution in [2.45, 2.75) is 28.3 Å². The fourth-order valence-electron chi connectivity index (χ4n) is 2.23. The minimum atomic E-state index is -0.387. The Morgan fingerprint density at radius 1 is 1.24 bits per heavy atom. The second-order valence-electron chi connectivity index (χ2n) is 5.35. The number of nitrogens with zero attached hydrogens (tertiary/aromatic N) is 2. The average Bonchev–Trinajstić information content (AvgIpc) is 3.02. The molecule has 0 atom stereocenters. The van der Waals surface area contributed by atoms with Gasteiger partial charge in [0.1, 0.15) is 5.58 Å². The zero-order valence-corrected chi connectivity index (χ0v) is 16.0. The fraction of sp³-hybridized carbons (Fsp3) is 0.250. The maximum atomic E-state index is 11.9. The van der Waals surface area contributed by atoms with Crippen molar-refractivity contribution < 1.29 is 9.21 Å². The van der Waals surface area contributed by atoms with E-state index in [0.717, 1.165) is 26.4 Å². The summed E-state index contributed by atoms with van der Waals surface area (Å²) in [6, 6.07) is 5.52. The van der Waals surface area contributed by atoms with Crippen molar-refractivity contribution in [3.8, 4) is 0 Å². The van der Waals surface area contributed by atoms with Crippen LogP contribution in [0.15, 0.2) is 36.1 Å². The van der Waals surface area contributed by atoms with Crippen LogP contribution in [-0.2, 0) is 10.5 Å². The minimum absolute atomic E-state index is 0.183. The maximum absolute atomic E-state index is 11.9. The molecule has 1 amide bonds. The molecule has 0 saturated heterocycles. The molecule has 0 unspecified atom stereocenters. The van der Waals surface area contributed by atoms with Crippen molar-refractivity contribution in [1.29, 1.82) is 0 Å². The summed E-state index contributed by atoms with van der Waals surface area (Å²) >= 11 is 4.17. The molecule has 0 bridgehead atoms. The molecule has 0 radical (unpaired) electrons. The van der Waals surface area contributed by atoms with Crippen molar-refractivity contribution in [3.05, 3.63) is 45.3 Å². The van der Waals surface area contributed by atoms with Crippen LogP contribution in [0.3, 0.4) is 0 Å². The van der Waals surface area contributed by atoms with E-state index < -0.39 is 0 Å². The third kappa shape index (κ3) is 4.23. The molecule has 0 aliphatic carbocycles. The summed E-state index contributed by atoms with van der Waals surface area (Å²) < 4.78 is 6.86. The Labute approximate surface area is 156 Å². The zero-order chi connectivity index (χ0) is 18.0. The molecule has 25 heavy (non-hydrogen) atoms. The number of hydrogen-bond acceptors (Lipinski definition) is 8. The Bertz CT molecular complexity index is 997. The molecule has 3 aromatic rings. The Hall–Kier alpha value is -1.84. The summed E-state index contributed by atoms with van der Waals surface area (Å²) in [5.41, 5.74) is 8.37. The monoisotopic (exact) mass is 393 g/mol. The Morgan fingerprint density at radius 2 is 1.96 bits per heavy atom. The van der Waals surface area contributed by atoms with Gasteiger partial charge in [-0.05, 0) is 30.5 Å². The van der Waals surface area contributed by atoms with Gasteiger partial charge in [-0.15, -0.1) is 10.2 Å². The van der Waals surface area contributed by atoms with Crippen LogP contribution in [0.2, 0.25) is 0 Å². The second kappa shape index (κ2) is 7.59. The highest BCUT2D eigenvalue weighted by atomic mass is 32.2. The molecule has 0 aliphatic heterocycles. The predicted molar refractivity (Wildman–Crippen MR) is 101 cm³/mol. The Balaban J connectivity index is 1.81. The number of nitrogens with two attached hydrogens (primary N) is 1. The standard InChI is InChI=1S/C16H15N3O3S3/c1-8-3-4-11-10(5-13(21)22-14(11)9(8)2)6-23-15-18-19-16(25-15)24-7-12(17)20/h3-5H,6-7H2,1-2H3,(H2,17,20). The van der Waals surface area contributed by atoms with Crippen molar-refractivity contribution in [2.75, 3.05) is 5.75 Å². The number of primary amides is 1. The summed E-state index contributed by atoms with van der Waals surface area (Å²) in [6.07, 6.45) is 0. The lowest BCUT2D eigenvalue weighted by Gasteiger charge is -2.08. The molecule has 0 fully saturated rings. The van der Waals surface area contributed by atoms with Gasteiger partial charge in [-0.2, -0.15) is 0 Å². The van der Waals surface area contributed by atoms with Crippen molar-refractivity contribution in [1.82, 2.24) is 10.2 Å². The first-order valence-corrected chi connectivity index (χ1v) is 10.1. The van der Waals surface area contributed by atoms with Gasteiger partial charge in [0.25, 0.3) is 0 Å². The molecule has 3 rings (SSSR count). The minimum Gasteiger partial charge on any atom is -0.422 e. The largest absolute Gasteiger partial charge is 0.422 e. The number of aryl methyl sites for hydroxylation is 2. The van der Waals surface area contributed by atoms with Gasteiger partial charge < -0.3 is 10.2 Å². The van der Waals surface area contributed by atoms with Crippen LogP contribution in [0.5, 0.6) is 0 Å². The van der Waals surface area contributed by atoms with Crippen molar-refractivity contribution in [3.63, 3.8) is 0 Å². The van der Waals surface area contributed by atoms with Crippen LogP contribution in [0.25, 0.3) is 11.0 Å².